The number of nitrogens with zero attached hydrogens (tertiary/aromatic N) is 1. The van der Waals surface area contributed by atoms with Gasteiger partial charge < -0.3 is 9.32 Å². The summed E-state index contributed by atoms with van der Waals surface area (Å²) in [6.45, 7) is 0. The second-order valence-corrected chi connectivity index (χ2v) is 20.0. The Bertz CT molecular complexity index is 3430. The van der Waals surface area contributed by atoms with Gasteiger partial charge in [-0.15, -0.1) is 0 Å². The summed E-state index contributed by atoms with van der Waals surface area (Å²) >= 11 is 0. The van der Waals surface area contributed by atoms with Gasteiger partial charge in [-0.25, -0.2) is 0 Å². The minimum Gasteiger partial charge on any atom is -0.455 e. The molecular formula is C65H51NO. The molecule has 67 heavy (non-hydrogen) atoms. The molecule has 4 saturated carbocycles. The summed E-state index contributed by atoms with van der Waals surface area (Å²) in [6.07, 6.45) is 6.65. The van der Waals surface area contributed by atoms with Crippen LogP contribution in [0.25, 0.3) is 44.2 Å². The Hall–Kier alpha value is -7.42. The molecule has 0 unspecified atom stereocenters. The molecule has 4 fully saturated rings. The van der Waals surface area contributed by atoms with Gasteiger partial charge in [-0.3, -0.25) is 0 Å². The monoisotopic (exact) mass is 861 g/mol. The van der Waals surface area contributed by atoms with Gasteiger partial charge in [0.05, 0.1) is 11.1 Å². The molecule has 0 saturated heterocycles. The normalized spacial score (nSPS) is 21.9. The molecule has 0 radical (unpaired) electrons. The molecule has 322 valence electrons. The van der Waals surface area contributed by atoms with Crippen molar-refractivity contribution in [3.8, 4) is 22.3 Å². The van der Waals surface area contributed by atoms with Crippen LogP contribution in [0.5, 0.6) is 0 Å². The summed E-state index contributed by atoms with van der Waals surface area (Å²) in [5.41, 5.74) is 17.9. The Kier molecular flexibility index (Phi) is 8.72. The molecule has 1 aromatic heterocycles. The fourth-order valence-corrected chi connectivity index (χ4v) is 14.5. The van der Waals surface area contributed by atoms with Crippen molar-refractivity contribution in [1.29, 1.82) is 0 Å². The number of furan rings is 1. The molecule has 2 heteroatoms. The predicted molar refractivity (Wildman–Crippen MR) is 275 cm³/mol. The zero-order chi connectivity index (χ0) is 44.1. The largest absolute Gasteiger partial charge is 0.455 e. The molecule has 0 amide bonds. The van der Waals surface area contributed by atoms with Crippen molar-refractivity contribution in [3.05, 3.63) is 258 Å². The van der Waals surface area contributed by atoms with Crippen molar-refractivity contribution in [1.82, 2.24) is 0 Å². The van der Waals surface area contributed by atoms with E-state index < -0.39 is 5.41 Å². The van der Waals surface area contributed by atoms with Crippen LogP contribution in [-0.4, -0.2) is 0 Å². The van der Waals surface area contributed by atoms with E-state index in [-0.39, 0.29) is 5.41 Å². The van der Waals surface area contributed by atoms with E-state index in [1.165, 1.54) is 76.7 Å². The summed E-state index contributed by atoms with van der Waals surface area (Å²) in [4.78, 5) is 2.56. The predicted octanol–water partition coefficient (Wildman–Crippen LogP) is 16.8. The topological polar surface area (TPSA) is 16.4 Å². The minimum absolute atomic E-state index is 0.105. The maximum Gasteiger partial charge on any atom is 0.143 e. The third-order valence-corrected chi connectivity index (χ3v) is 16.8. The standard InChI is InChI=1S/C65H51NO/c1-4-18-45(19-5-1)53-26-10-14-32-61(53)66(51-25-16-20-46(41-51)54-28-17-29-56-55-27-11-15-33-62(55)67-63(54)56)52-34-35-59-60(42-52)65(49-37-43-36-44(39-49)40-50(65)38-43)58-31-13-12-30-57(58)64(59,47-21-6-2-7-22-47)48-23-8-3-9-24-48/h1-35,41-44,49-50H,36-40H2/t43-,44+,49+,50-,65?. The van der Waals surface area contributed by atoms with Gasteiger partial charge in [0.2, 0.25) is 0 Å². The van der Waals surface area contributed by atoms with E-state index in [1.54, 1.807) is 5.56 Å². The highest BCUT2D eigenvalue weighted by atomic mass is 16.3. The minimum atomic E-state index is -0.509. The number of para-hydroxylation sites is 3. The number of benzene rings is 9. The number of fused-ring (bicyclic) bond motifs is 5. The molecule has 5 aliphatic rings. The van der Waals surface area contributed by atoms with Crippen molar-refractivity contribution < 1.29 is 4.42 Å². The van der Waals surface area contributed by atoms with Crippen molar-refractivity contribution in [2.75, 3.05) is 4.90 Å². The quantitative estimate of drug-likeness (QED) is 0.159. The summed E-state index contributed by atoms with van der Waals surface area (Å²) in [5, 5.41) is 2.28. The molecule has 15 rings (SSSR count). The maximum absolute atomic E-state index is 6.66. The van der Waals surface area contributed by atoms with E-state index in [4.69, 9.17) is 4.42 Å². The van der Waals surface area contributed by atoms with Gasteiger partial charge in [0, 0.05) is 38.7 Å². The first-order valence-electron chi connectivity index (χ1n) is 24.5. The van der Waals surface area contributed by atoms with Crippen molar-refractivity contribution >= 4 is 39.0 Å². The van der Waals surface area contributed by atoms with E-state index >= 15 is 0 Å². The molecule has 1 spiro atoms. The van der Waals surface area contributed by atoms with E-state index in [0.717, 1.165) is 56.3 Å². The Labute approximate surface area is 393 Å². The smallest absolute Gasteiger partial charge is 0.143 e. The number of hydrogen-bond donors (Lipinski definition) is 0. The van der Waals surface area contributed by atoms with Crippen LogP contribution in [0.15, 0.2) is 229 Å². The zero-order valence-electron chi connectivity index (χ0n) is 37.6. The van der Waals surface area contributed by atoms with Crippen LogP contribution in [0.1, 0.15) is 65.5 Å². The van der Waals surface area contributed by atoms with Crippen LogP contribution < -0.4 is 4.90 Å². The molecule has 0 N–H and O–H groups in total. The van der Waals surface area contributed by atoms with Gasteiger partial charge in [-0.2, -0.15) is 0 Å². The number of hydrogen-bond acceptors (Lipinski definition) is 2. The first-order valence-corrected chi connectivity index (χ1v) is 24.5. The fourth-order valence-electron chi connectivity index (χ4n) is 14.5. The molecule has 1 heterocycles. The average Bonchev–Trinajstić information content (AvgIpc) is 3.78. The lowest BCUT2D eigenvalue weighted by atomic mass is 9.38. The molecule has 2 nitrogen and oxygen atoms in total. The molecule has 5 aliphatic carbocycles. The summed E-state index contributed by atoms with van der Waals surface area (Å²) in [5.74, 6) is 2.83. The van der Waals surface area contributed by atoms with Gasteiger partial charge >= 0.3 is 0 Å². The van der Waals surface area contributed by atoms with Crippen LogP contribution >= 0.6 is 0 Å². The lowest BCUT2D eigenvalue weighted by Gasteiger charge is -2.65. The van der Waals surface area contributed by atoms with Crippen LogP contribution in [0.4, 0.5) is 17.1 Å². The Morgan fingerprint density at radius 2 is 0.940 bits per heavy atom. The number of rotatable bonds is 7. The lowest BCUT2D eigenvalue weighted by molar-refractivity contribution is -0.0440. The summed E-state index contributed by atoms with van der Waals surface area (Å²) in [6, 6.07) is 84.3. The van der Waals surface area contributed by atoms with E-state index in [1.807, 2.05) is 0 Å². The summed E-state index contributed by atoms with van der Waals surface area (Å²) in [7, 11) is 0. The Balaban J connectivity index is 1.06. The van der Waals surface area contributed by atoms with Gasteiger partial charge in [0.15, 0.2) is 0 Å². The average molecular weight is 862 g/mol. The third-order valence-electron chi connectivity index (χ3n) is 16.8. The van der Waals surface area contributed by atoms with Crippen LogP contribution in [0, 0.1) is 23.7 Å². The third kappa shape index (κ3) is 5.63. The molecule has 10 aromatic rings. The van der Waals surface area contributed by atoms with Gasteiger partial charge in [-0.05, 0) is 137 Å². The molecule has 9 aromatic carbocycles. The van der Waals surface area contributed by atoms with Crippen LogP contribution in [-0.2, 0) is 10.8 Å². The first-order chi connectivity index (χ1) is 33.2. The van der Waals surface area contributed by atoms with Crippen LogP contribution in [0.2, 0.25) is 0 Å². The zero-order valence-corrected chi connectivity index (χ0v) is 37.6. The molecule has 0 aliphatic heterocycles. The molecule has 4 bridgehead atoms. The maximum atomic E-state index is 6.66. The van der Waals surface area contributed by atoms with Crippen molar-refractivity contribution in [2.45, 2.75) is 42.9 Å². The highest BCUT2D eigenvalue weighted by molar-refractivity contribution is 6.09. The highest BCUT2D eigenvalue weighted by Gasteiger charge is 2.63. The Morgan fingerprint density at radius 1 is 0.388 bits per heavy atom. The highest BCUT2D eigenvalue weighted by Crippen LogP contribution is 2.70. The fraction of sp³-hybridized carbons (Fsp3) is 0.169. The van der Waals surface area contributed by atoms with Crippen molar-refractivity contribution in [3.63, 3.8) is 0 Å². The lowest BCUT2D eigenvalue weighted by Crippen LogP contribution is -2.59. The Morgan fingerprint density at radius 3 is 1.69 bits per heavy atom. The van der Waals surface area contributed by atoms with E-state index in [0.29, 0.717) is 11.8 Å². The van der Waals surface area contributed by atoms with Crippen LogP contribution in [0.3, 0.4) is 0 Å². The first kappa shape index (κ1) is 38.8. The molecular weight excluding hydrogens is 811 g/mol. The van der Waals surface area contributed by atoms with Crippen molar-refractivity contribution in [2.24, 2.45) is 23.7 Å². The van der Waals surface area contributed by atoms with E-state index in [2.05, 4.69) is 229 Å². The second kappa shape index (κ2) is 15.1. The summed E-state index contributed by atoms with van der Waals surface area (Å²) < 4.78 is 6.66. The van der Waals surface area contributed by atoms with Gasteiger partial charge in [0.1, 0.15) is 11.2 Å². The number of anilines is 3. The van der Waals surface area contributed by atoms with Gasteiger partial charge in [-0.1, -0.05) is 188 Å². The van der Waals surface area contributed by atoms with Gasteiger partial charge in [0.25, 0.3) is 0 Å². The second-order valence-electron chi connectivity index (χ2n) is 20.0. The molecule has 0 atom stereocenters. The van der Waals surface area contributed by atoms with E-state index in [9.17, 15) is 0 Å². The SMILES string of the molecule is c1ccc(-c2ccccc2N(c2cccc(-c3cccc4c3oc3ccccc34)c2)c2ccc3c(c2)C2(c4ccccc4C3(c3ccccc3)c3ccccc3)[C@H]3C[C@H]4C[C@H](C[C@H]2C4)C3)cc1.